The van der Waals surface area contributed by atoms with Gasteiger partial charge in [-0.3, -0.25) is 9.78 Å². The van der Waals surface area contributed by atoms with Crippen LogP contribution in [-0.4, -0.2) is 28.1 Å². The molecule has 7 nitrogen and oxygen atoms in total. The maximum Gasteiger partial charge on any atom is 0.347 e. The van der Waals surface area contributed by atoms with Gasteiger partial charge in [-0.2, -0.15) is 0 Å². The van der Waals surface area contributed by atoms with Gasteiger partial charge in [-0.05, 0) is 60.4 Å². The molecule has 184 valence electrons. The third-order valence-electron chi connectivity index (χ3n) is 5.64. The first-order chi connectivity index (χ1) is 17.3. The summed E-state index contributed by atoms with van der Waals surface area (Å²) in [5.74, 6) is -2.19. The number of benzene rings is 2. The van der Waals surface area contributed by atoms with E-state index in [4.69, 9.17) is 21.1 Å². The van der Waals surface area contributed by atoms with E-state index >= 15 is 0 Å². The van der Waals surface area contributed by atoms with Crippen LogP contribution in [0.1, 0.15) is 44.3 Å². The molecule has 0 aliphatic carbocycles. The lowest BCUT2D eigenvalue weighted by atomic mass is 10.0. The molecule has 36 heavy (non-hydrogen) atoms. The second-order valence-corrected chi connectivity index (χ2v) is 8.25. The second-order valence-electron chi connectivity index (χ2n) is 7.98. The van der Waals surface area contributed by atoms with E-state index < -0.39 is 23.1 Å². The molecule has 0 atom stereocenters. The molecule has 4 rings (SSSR count). The van der Waals surface area contributed by atoms with Gasteiger partial charge in [-0.25, -0.2) is 14.0 Å². The third-order valence-corrected chi connectivity index (χ3v) is 5.92. The number of hydrogen-bond acceptors (Lipinski definition) is 6. The molecule has 0 fully saturated rings. The van der Waals surface area contributed by atoms with Crippen LogP contribution < -0.4 is 10.3 Å². The molecule has 0 aliphatic heterocycles. The quantitative estimate of drug-likeness (QED) is 0.263. The molecule has 0 unspecified atom stereocenters. The first-order valence-electron chi connectivity index (χ1n) is 11.1. The van der Waals surface area contributed by atoms with E-state index in [1.807, 2.05) is 0 Å². The monoisotopic (exact) mass is 508 g/mol. The summed E-state index contributed by atoms with van der Waals surface area (Å²) >= 11 is 5.98. The van der Waals surface area contributed by atoms with E-state index in [2.05, 4.69) is 4.98 Å². The summed E-state index contributed by atoms with van der Waals surface area (Å²) in [6.45, 7) is 1.63. The average Bonchev–Trinajstić information content (AvgIpc) is 2.88. The van der Waals surface area contributed by atoms with E-state index in [-0.39, 0.29) is 35.1 Å². The van der Waals surface area contributed by atoms with Crippen LogP contribution >= 0.6 is 11.6 Å². The van der Waals surface area contributed by atoms with Crippen molar-refractivity contribution in [2.75, 3.05) is 6.61 Å². The zero-order chi connectivity index (χ0) is 25.8. The number of rotatable bonds is 7. The number of halogens is 2. The summed E-state index contributed by atoms with van der Waals surface area (Å²) in [6.07, 6.45) is 1.92. The number of esters is 2. The highest BCUT2D eigenvalue weighted by molar-refractivity contribution is 6.17. The summed E-state index contributed by atoms with van der Waals surface area (Å²) in [5.41, 5.74) is 1.76. The van der Waals surface area contributed by atoms with E-state index in [0.29, 0.717) is 23.1 Å². The predicted octanol–water partition coefficient (Wildman–Crippen LogP) is 4.80. The van der Waals surface area contributed by atoms with Crippen molar-refractivity contribution in [1.29, 1.82) is 0 Å². The summed E-state index contributed by atoms with van der Waals surface area (Å²) < 4.78 is 25.5. The summed E-state index contributed by atoms with van der Waals surface area (Å²) in [7, 11) is 1.49. The topological polar surface area (TPSA) is 87.5 Å². The third kappa shape index (κ3) is 4.99. The number of carbonyl (C=O) groups is 2. The fourth-order valence-electron chi connectivity index (χ4n) is 3.83. The van der Waals surface area contributed by atoms with Crippen molar-refractivity contribution in [3.63, 3.8) is 0 Å². The standard InChI is InChI=1S/C27H22ClFN2O5/c1-3-35-27(34)22-24(36-26(33)17-7-5-4-6-8-17)23-21(31(2)25(22)32)12-16(15-30-23)11-18-9-10-20(29)13-19(18)14-28/h4-10,12-13,15H,3,11,14H2,1-2H3. The smallest absolute Gasteiger partial charge is 0.347 e. The fourth-order valence-corrected chi connectivity index (χ4v) is 4.08. The van der Waals surface area contributed by atoms with Crippen LogP contribution in [0.5, 0.6) is 5.75 Å². The minimum absolute atomic E-state index is 0.0268. The second kappa shape index (κ2) is 10.7. The van der Waals surface area contributed by atoms with Crippen LogP contribution in [0.4, 0.5) is 4.39 Å². The minimum Gasteiger partial charge on any atom is -0.462 e. The molecule has 2 aromatic carbocycles. The van der Waals surface area contributed by atoms with Crippen molar-refractivity contribution in [1.82, 2.24) is 9.55 Å². The van der Waals surface area contributed by atoms with Crippen LogP contribution in [0.3, 0.4) is 0 Å². The van der Waals surface area contributed by atoms with Gasteiger partial charge in [0, 0.05) is 19.1 Å². The Morgan fingerprint density at radius 3 is 2.50 bits per heavy atom. The molecule has 4 aromatic rings. The van der Waals surface area contributed by atoms with Crippen molar-refractivity contribution in [3.05, 3.63) is 105 Å². The Morgan fingerprint density at radius 2 is 1.81 bits per heavy atom. The van der Waals surface area contributed by atoms with Gasteiger partial charge in [0.1, 0.15) is 11.3 Å². The number of aromatic nitrogens is 2. The molecule has 9 heteroatoms. The maximum absolute atomic E-state index is 13.6. The molecule has 0 saturated carbocycles. The normalized spacial score (nSPS) is 10.9. The Bertz CT molecular complexity index is 1520. The van der Waals surface area contributed by atoms with Crippen molar-refractivity contribution in [3.8, 4) is 5.75 Å². The van der Waals surface area contributed by atoms with E-state index in [9.17, 15) is 18.8 Å². The van der Waals surface area contributed by atoms with Crippen LogP contribution in [-0.2, 0) is 24.1 Å². The Morgan fingerprint density at radius 1 is 1.06 bits per heavy atom. The van der Waals surface area contributed by atoms with Gasteiger partial charge in [0.25, 0.3) is 5.56 Å². The number of nitrogens with zero attached hydrogens (tertiary/aromatic N) is 2. The predicted molar refractivity (Wildman–Crippen MR) is 133 cm³/mol. The molecule has 0 N–H and O–H groups in total. The Kier molecular flexibility index (Phi) is 7.45. The number of aryl methyl sites for hydroxylation is 1. The van der Waals surface area contributed by atoms with Gasteiger partial charge in [-0.1, -0.05) is 24.3 Å². The number of hydrogen-bond donors (Lipinski definition) is 0. The summed E-state index contributed by atoms with van der Waals surface area (Å²) in [4.78, 5) is 43.2. The molecule has 0 aliphatic rings. The molecule has 0 radical (unpaired) electrons. The summed E-state index contributed by atoms with van der Waals surface area (Å²) in [5, 5.41) is 0. The maximum atomic E-state index is 13.6. The Hall–Kier alpha value is -4.04. The van der Waals surface area contributed by atoms with E-state index in [0.717, 1.165) is 5.56 Å². The molecule has 2 aromatic heterocycles. The SMILES string of the molecule is CCOC(=O)c1c(OC(=O)c2ccccc2)c2ncc(Cc3ccc(F)cc3CCl)cc2n(C)c1=O. The Labute approximate surface area is 211 Å². The minimum atomic E-state index is -0.917. The number of carbonyl (C=O) groups excluding carboxylic acids is 2. The lowest BCUT2D eigenvalue weighted by molar-refractivity contribution is 0.0518. The van der Waals surface area contributed by atoms with Gasteiger partial charge in [0.2, 0.25) is 0 Å². The highest BCUT2D eigenvalue weighted by atomic mass is 35.5. The van der Waals surface area contributed by atoms with Gasteiger partial charge in [-0.15, -0.1) is 11.6 Å². The number of alkyl halides is 1. The van der Waals surface area contributed by atoms with Gasteiger partial charge >= 0.3 is 11.9 Å². The zero-order valence-corrected chi connectivity index (χ0v) is 20.3. The number of ether oxygens (including phenoxy) is 2. The van der Waals surface area contributed by atoms with Gasteiger partial charge in [0.15, 0.2) is 11.3 Å². The zero-order valence-electron chi connectivity index (χ0n) is 19.6. The van der Waals surface area contributed by atoms with Crippen LogP contribution in [0, 0.1) is 5.82 Å². The first-order valence-corrected chi connectivity index (χ1v) is 11.7. The van der Waals surface area contributed by atoms with E-state index in [1.165, 1.54) is 23.7 Å². The number of fused-ring (bicyclic) bond motifs is 1. The molecule has 0 saturated heterocycles. The van der Waals surface area contributed by atoms with Crippen molar-refractivity contribution in [2.24, 2.45) is 7.05 Å². The van der Waals surface area contributed by atoms with Crippen LogP contribution in [0.25, 0.3) is 11.0 Å². The van der Waals surface area contributed by atoms with Crippen molar-refractivity contribution in [2.45, 2.75) is 19.2 Å². The highest BCUT2D eigenvalue weighted by Gasteiger charge is 2.27. The molecule has 2 heterocycles. The highest BCUT2D eigenvalue weighted by Crippen LogP contribution is 2.29. The average molecular weight is 509 g/mol. The van der Waals surface area contributed by atoms with Gasteiger partial charge in [0.05, 0.1) is 17.7 Å². The van der Waals surface area contributed by atoms with Crippen molar-refractivity contribution < 1.29 is 23.5 Å². The molecule has 0 amide bonds. The number of pyridine rings is 2. The lowest BCUT2D eigenvalue weighted by Gasteiger charge is -2.15. The largest absolute Gasteiger partial charge is 0.462 e. The van der Waals surface area contributed by atoms with Gasteiger partial charge < -0.3 is 14.0 Å². The molecule has 0 spiro atoms. The van der Waals surface area contributed by atoms with Crippen LogP contribution in [0.2, 0.25) is 0 Å². The molecular weight excluding hydrogens is 487 g/mol. The lowest BCUT2D eigenvalue weighted by Crippen LogP contribution is -2.28. The van der Waals surface area contributed by atoms with E-state index in [1.54, 1.807) is 55.6 Å². The van der Waals surface area contributed by atoms with Crippen LogP contribution in [0.15, 0.2) is 65.6 Å². The Balaban J connectivity index is 1.86. The fraction of sp³-hybridized carbons (Fsp3) is 0.185. The summed E-state index contributed by atoms with van der Waals surface area (Å²) in [6, 6.07) is 14.3. The first kappa shape index (κ1) is 25.1. The molecular formula is C27H22ClFN2O5. The van der Waals surface area contributed by atoms with Crippen molar-refractivity contribution >= 4 is 34.6 Å². The molecule has 0 bridgehead atoms.